The summed E-state index contributed by atoms with van der Waals surface area (Å²) in [6.45, 7) is 19.3. The fourth-order valence-electron chi connectivity index (χ4n) is 6.32. The van der Waals surface area contributed by atoms with Gasteiger partial charge in [-0.05, 0) is 73.5 Å². The molecule has 2 aliphatic carbocycles. The van der Waals surface area contributed by atoms with E-state index in [2.05, 4.69) is 48.1 Å². The Hall–Kier alpha value is -0.260. The number of hydrogen-bond acceptors (Lipinski definition) is 0. The van der Waals surface area contributed by atoms with E-state index in [9.17, 15) is 0 Å². The van der Waals surface area contributed by atoms with Crippen LogP contribution in [-0.4, -0.2) is 0 Å². The molecule has 0 amide bonds. The average Bonchev–Trinajstić information content (AvgIpc) is 2.48. The summed E-state index contributed by atoms with van der Waals surface area (Å²) < 4.78 is 0. The fraction of sp³-hybridized carbons (Fsp3) is 0.909. The van der Waals surface area contributed by atoms with Crippen molar-refractivity contribution in [2.75, 3.05) is 0 Å². The lowest BCUT2D eigenvalue weighted by Crippen LogP contribution is -2.54. The number of fused-ring (bicyclic) bond motifs is 1. The van der Waals surface area contributed by atoms with Gasteiger partial charge >= 0.3 is 0 Å². The molecule has 4 unspecified atom stereocenters. The Morgan fingerprint density at radius 3 is 2.41 bits per heavy atom. The van der Waals surface area contributed by atoms with E-state index >= 15 is 0 Å². The van der Waals surface area contributed by atoms with Gasteiger partial charge in [0.1, 0.15) is 0 Å². The Balaban J connectivity index is 2.39. The van der Waals surface area contributed by atoms with Gasteiger partial charge in [0, 0.05) is 0 Å². The largest absolute Gasteiger partial charge is 0.0999 e. The molecule has 0 bridgehead atoms. The van der Waals surface area contributed by atoms with Crippen LogP contribution in [0.15, 0.2) is 12.2 Å². The molecule has 128 valence electrons. The van der Waals surface area contributed by atoms with Crippen molar-refractivity contribution in [3.8, 4) is 0 Å². The van der Waals surface area contributed by atoms with Crippen molar-refractivity contribution in [3.63, 3.8) is 0 Å². The zero-order chi connectivity index (χ0) is 16.5. The molecule has 0 heterocycles. The molecule has 0 aromatic rings. The maximum absolute atomic E-state index is 4.40. The van der Waals surface area contributed by atoms with Crippen LogP contribution in [-0.2, 0) is 0 Å². The highest BCUT2D eigenvalue weighted by molar-refractivity contribution is 5.10. The van der Waals surface area contributed by atoms with E-state index in [1.165, 1.54) is 56.9 Å². The second kappa shape index (κ2) is 6.70. The van der Waals surface area contributed by atoms with Crippen molar-refractivity contribution in [1.82, 2.24) is 0 Å². The number of allylic oxidation sites excluding steroid dienone is 1. The first-order valence-electron chi connectivity index (χ1n) is 9.96. The first-order chi connectivity index (χ1) is 10.3. The van der Waals surface area contributed by atoms with E-state index in [-0.39, 0.29) is 0 Å². The van der Waals surface area contributed by atoms with E-state index in [0.29, 0.717) is 10.8 Å². The third kappa shape index (κ3) is 2.80. The van der Waals surface area contributed by atoms with E-state index in [1.54, 1.807) is 0 Å². The Morgan fingerprint density at radius 1 is 1.18 bits per heavy atom. The van der Waals surface area contributed by atoms with E-state index < -0.39 is 0 Å². The van der Waals surface area contributed by atoms with Gasteiger partial charge in [0.15, 0.2) is 0 Å². The van der Waals surface area contributed by atoms with Gasteiger partial charge in [0.2, 0.25) is 0 Å². The predicted octanol–water partition coefficient (Wildman–Crippen LogP) is 7.25. The van der Waals surface area contributed by atoms with Gasteiger partial charge in [0.05, 0.1) is 0 Å². The molecular weight excluding hydrogens is 264 g/mol. The lowest BCUT2D eigenvalue weighted by Gasteiger charge is -2.62. The van der Waals surface area contributed by atoms with Crippen molar-refractivity contribution in [2.24, 2.45) is 34.5 Å². The Bertz CT molecular complexity index is 395. The molecule has 2 aliphatic rings. The van der Waals surface area contributed by atoms with Gasteiger partial charge in [-0.2, -0.15) is 0 Å². The molecule has 0 aliphatic heterocycles. The summed E-state index contributed by atoms with van der Waals surface area (Å²) >= 11 is 0. The Labute approximate surface area is 140 Å². The van der Waals surface area contributed by atoms with Crippen molar-refractivity contribution >= 4 is 0 Å². The van der Waals surface area contributed by atoms with Crippen LogP contribution in [0.5, 0.6) is 0 Å². The lowest BCUT2D eigenvalue weighted by atomic mass is 9.43. The molecule has 0 aromatic carbocycles. The van der Waals surface area contributed by atoms with Gasteiger partial charge in [-0.1, -0.05) is 66.0 Å². The molecule has 0 spiro atoms. The van der Waals surface area contributed by atoms with E-state index in [4.69, 9.17) is 0 Å². The van der Waals surface area contributed by atoms with Crippen molar-refractivity contribution in [2.45, 2.75) is 92.9 Å². The topological polar surface area (TPSA) is 0 Å². The zero-order valence-corrected chi connectivity index (χ0v) is 16.2. The minimum absolute atomic E-state index is 0.554. The number of hydrogen-bond donors (Lipinski definition) is 0. The second-order valence-corrected chi connectivity index (χ2v) is 9.17. The SMILES string of the molecule is C=C(C)C(CCC)C1C(C)CCC2(C)[C@@H]1CCC[C@]2(C)CC. The lowest BCUT2D eigenvalue weighted by molar-refractivity contribution is -0.122. The molecule has 0 radical (unpaired) electrons. The predicted molar refractivity (Wildman–Crippen MR) is 98.9 cm³/mol. The second-order valence-electron chi connectivity index (χ2n) is 9.17. The average molecular weight is 305 g/mol. The molecule has 0 nitrogen and oxygen atoms in total. The van der Waals surface area contributed by atoms with Crippen LogP contribution in [0, 0.1) is 34.5 Å². The minimum Gasteiger partial charge on any atom is -0.0999 e. The Morgan fingerprint density at radius 2 is 1.86 bits per heavy atom. The molecule has 2 fully saturated rings. The van der Waals surface area contributed by atoms with E-state index in [0.717, 1.165) is 23.7 Å². The molecule has 0 heteroatoms. The van der Waals surface area contributed by atoms with Crippen LogP contribution < -0.4 is 0 Å². The molecule has 0 N–H and O–H groups in total. The first-order valence-corrected chi connectivity index (χ1v) is 9.96. The minimum atomic E-state index is 0.554. The van der Waals surface area contributed by atoms with Crippen LogP contribution >= 0.6 is 0 Å². The molecule has 6 atom stereocenters. The Kier molecular flexibility index (Phi) is 5.50. The van der Waals surface area contributed by atoms with Crippen LogP contribution in [0.25, 0.3) is 0 Å². The molecule has 22 heavy (non-hydrogen) atoms. The molecule has 2 saturated carbocycles. The van der Waals surface area contributed by atoms with Crippen LogP contribution in [0.2, 0.25) is 0 Å². The summed E-state index contributed by atoms with van der Waals surface area (Å²) in [5, 5.41) is 0. The van der Waals surface area contributed by atoms with Crippen molar-refractivity contribution in [1.29, 1.82) is 0 Å². The summed E-state index contributed by atoms with van der Waals surface area (Å²) in [5.74, 6) is 3.43. The summed E-state index contributed by atoms with van der Waals surface area (Å²) in [4.78, 5) is 0. The van der Waals surface area contributed by atoms with Crippen molar-refractivity contribution in [3.05, 3.63) is 12.2 Å². The third-order valence-electron chi connectivity index (χ3n) is 8.16. The molecular formula is C22H40. The first kappa shape index (κ1) is 18.1. The quantitative estimate of drug-likeness (QED) is 0.469. The van der Waals surface area contributed by atoms with Gasteiger partial charge in [-0.25, -0.2) is 0 Å². The third-order valence-corrected chi connectivity index (χ3v) is 8.16. The summed E-state index contributed by atoms with van der Waals surface area (Å²) in [7, 11) is 0. The van der Waals surface area contributed by atoms with Crippen molar-refractivity contribution < 1.29 is 0 Å². The van der Waals surface area contributed by atoms with Crippen LogP contribution in [0.4, 0.5) is 0 Å². The fourth-order valence-corrected chi connectivity index (χ4v) is 6.32. The summed E-state index contributed by atoms with van der Waals surface area (Å²) in [6.07, 6.45) is 11.2. The standard InChI is InChI=1S/C22H40/c1-8-11-18(16(3)4)20-17(5)13-15-22(7)19(20)12-10-14-21(22,6)9-2/h17-20H,3,8-15H2,1-2,4-7H3/t17?,18?,19-,20?,21+,22?/m1/s1. The highest BCUT2D eigenvalue weighted by atomic mass is 14.6. The van der Waals surface area contributed by atoms with Gasteiger partial charge < -0.3 is 0 Å². The van der Waals surface area contributed by atoms with E-state index in [1.807, 2.05) is 0 Å². The monoisotopic (exact) mass is 304 g/mol. The zero-order valence-electron chi connectivity index (χ0n) is 16.2. The van der Waals surface area contributed by atoms with Crippen LogP contribution in [0.1, 0.15) is 92.9 Å². The molecule has 2 rings (SSSR count). The maximum Gasteiger partial charge on any atom is -0.0175 e. The smallest absolute Gasteiger partial charge is 0.0175 e. The highest BCUT2D eigenvalue weighted by Crippen LogP contribution is 2.65. The maximum atomic E-state index is 4.40. The van der Waals surface area contributed by atoms with Gasteiger partial charge in [-0.15, -0.1) is 0 Å². The van der Waals surface area contributed by atoms with Crippen LogP contribution in [0.3, 0.4) is 0 Å². The molecule has 0 aromatic heterocycles. The summed E-state index contributed by atoms with van der Waals surface area (Å²) in [6, 6.07) is 0. The highest BCUT2D eigenvalue weighted by Gasteiger charge is 2.56. The van der Waals surface area contributed by atoms with Gasteiger partial charge in [0.25, 0.3) is 0 Å². The normalized spacial score (nSPS) is 43.5. The molecule has 0 saturated heterocycles. The summed E-state index contributed by atoms with van der Waals surface area (Å²) in [5.41, 5.74) is 2.56. The van der Waals surface area contributed by atoms with Gasteiger partial charge in [-0.3, -0.25) is 0 Å². The number of rotatable bonds is 5.